The van der Waals surface area contributed by atoms with E-state index in [9.17, 15) is 4.79 Å². The van der Waals surface area contributed by atoms with E-state index in [2.05, 4.69) is 5.32 Å². The number of carbonyl (C=O) groups excluding carboxylic acids is 1. The number of benzene rings is 1. The molecule has 6 nitrogen and oxygen atoms in total. The fourth-order valence-corrected chi connectivity index (χ4v) is 3.10. The second-order valence-corrected chi connectivity index (χ2v) is 6.42. The predicted octanol–water partition coefficient (Wildman–Crippen LogP) is 2.65. The molecule has 1 saturated heterocycles. The Morgan fingerprint density at radius 3 is 2.04 bits per heavy atom. The van der Waals surface area contributed by atoms with Crippen LogP contribution in [0.25, 0.3) is 0 Å². The van der Waals surface area contributed by atoms with Crippen molar-refractivity contribution in [3.05, 3.63) is 17.7 Å². The number of hydrogen-bond acceptors (Lipinski definition) is 6. The first-order chi connectivity index (χ1) is 11.4. The van der Waals surface area contributed by atoms with Crippen molar-refractivity contribution in [2.24, 2.45) is 5.92 Å². The van der Waals surface area contributed by atoms with Crippen LogP contribution in [0.5, 0.6) is 17.2 Å². The number of piperidine rings is 1. The van der Waals surface area contributed by atoms with E-state index in [4.69, 9.17) is 18.9 Å². The van der Waals surface area contributed by atoms with Crippen molar-refractivity contribution in [1.82, 2.24) is 5.32 Å². The van der Waals surface area contributed by atoms with Gasteiger partial charge in [0.15, 0.2) is 0 Å². The number of ether oxygens (including phenoxy) is 4. The highest BCUT2D eigenvalue weighted by Crippen LogP contribution is 2.37. The lowest BCUT2D eigenvalue weighted by atomic mass is 9.83. The molecule has 1 aliphatic heterocycles. The van der Waals surface area contributed by atoms with Gasteiger partial charge in [-0.1, -0.05) is 0 Å². The lowest BCUT2D eigenvalue weighted by Gasteiger charge is -2.36. The van der Waals surface area contributed by atoms with Crippen LogP contribution in [-0.4, -0.2) is 46.0 Å². The smallest absolute Gasteiger partial charge is 0.346 e. The average molecular weight is 337 g/mol. The number of methoxy groups -OCH3 is 3. The summed E-state index contributed by atoms with van der Waals surface area (Å²) in [5.74, 6) is 1.17. The Morgan fingerprint density at radius 2 is 1.58 bits per heavy atom. The van der Waals surface area contributed by atoms with Gasteiger partial charge in [-0.05, 0) is 39.8 Å². The predicted molar refractivity (Wildman–Crippen MR) is 91.2 cm³/mol. The molecule has 0 amide bonds. The summed E-state index contributed by atoms with van der Waals surface area (Å²) in [4.78, 5) is 12.8. The summed E-state index contributed by atoms with van der Waals surface area (Å²) in [5, 5.41) is 3.33. The van der Waals surface area contributed by atoms with Gasteiger partial charge in [0.2, 0.25) is 0 Å². The normalized spacial score (nSPS) is 15.7. The summed E-state index contributed by atoms with van der Waals surface area (Å²) in [6.45, 7) is 5.81. The summed E-state index contributed by atoms with van der Waals surface area (Å²) in [6, 6.07) is 3.30. The third-order valence-corrected chi connectivity index (χ3v) is 4.60. The molecule has 0 aliphatic carbocycles. The quantitative estimate of drug-likeness (QED) is 0.805. The molecule has 24 heavy (non-hydrogen) atoms. The molecular formula is C18H27NO5. The zero-order valence-corrected chi connectivity index (χ0v) is 15.1. The van der Waals surface area contributed by atoms with Crippen LogP contribution in [0.1, 0.15) is 37.0 Å². The van der Waals surface area contributed by atoms with E-state index in [0.717, 1.165) is 25.9 Å². The maximum atomic E-state index is 12.8. The van der Waals surface area contributed by atoms with Crippen LogP contribution >= 0.6 is 0 Å². The molecular weight excluding hydrogens is 310 g/mol. The molecule has 1 fully saturated rings. The SMILES string of the molecule is COc1cc(OC)c(C(=O)OC(C)(C)C2CCNCC2)c(OC)c1. The third-order valence-electron chi connectivity index (χ3n) is 4.60. The van der Waals surface area contributed by atoms with Gasteiger partial charge in [-0.3, -0.25) is 0 Å². The summed E-state index contributed by atoms with van der Waals surface area (Å²) in [6.07, 6.45) is 1.97. The van der Waals surface area contributed by atoms with Gasteiger partial charge in [0.05, 0.1) is 21.3 Å². The average Bonchev–Trinajstić information content (AvgIpc) is 2.60. The van der Waals surface area contributed by atoms with E-state index in [0.29, 0.717) is 23.2 Å². The summed E-state index contributed by atoms with van der Waals surface area (Å²) in [5.41, 5.74) is -0.280. The van der Waals surface area contributed by atoms with Crippen molar-refractivity contribution in [2.75, 3.05) is 34.4 Å². The maximum absolute atomic E-state index is 12.8. The molecule has 1 heterocycles. The van der Waals surface area contributed by atoms with Crippen LogP contribution < -0.4 is 19.5 Å². The number of carbonyl (C=O) groups is 1. The van der Waals surface area contributed by atoms with Gasteiger partial charge in [-0.25, -0.2) is 4.79 Å². The Labute approximate surface area is 143 Å². The fourth-order valence-electron chi connectivity index (χ4n) is 3.10. The van der Waals surface area contributed by atoms with Crippen LogP contribution in [0.2, 0.25) is 0 Å². The largest absolute Gasteiger partial charge is 0.496 e. The summed E-state index contributed by atoms with van der Waals surface area (Å²) < 4.78 is 21.7. The summed E-state index contributed by atoms with van der Waals surface area (Å²) >= 11 is 0. The van der Waals surface area contributed by atoms with Crippen LogP contribution in [0.4, 0.5) is 0 Å². The Kier molecular flexibility index (Phi) is 5.94. The molecule has 6 heteroatoms. The zero-order chi connectivity index (χ0) is 17.7. The van der Waals surface area contributed by atoms with E-state index in [-0.39, 0.29) is 5.56 Å². The molecule has 0 spiro atoms. The number of esters is 1. The minimum absolute atomic E-state index is 0.280. The van der Waals surface area contributed by atoms with E-state index in [1.54, 1.807) is 19.2 Å². The molecule has 0 aromatic heterocycles. The third kappa shape index (κ3) is 3.93. The minimum atomic E-state index is -0.560. The molecule has 1 aliphatic rings. The van der Waals surface area contributed by atoms with Gasteiger partial charge in [0, 0.05) is 18.1 Å². The Bertz CT molecular complexity index is 554. The van der Waals surface area contributed by atoms with Crippen molar-refractivity contribution < 1.29 is 23.7 Å². The Morgan fingerprint density at radius 1 is 1.04 bits per heavy atom. The Balaban J connectivity index is 2.28. The lowest BCUT2D eigenvalue weighted by Crippen LogP contribution is -2.42. The zero-order valence-electron chi connectivity index (χ0n) is 15.1. The van der Waals surface area contributed by atoms with Crippen molar-refractivity contribution in [1.29, 1.82) is 0 Å². The first kappa shape index (κ1) is 18.4. The highest BCUT2D eigenvalue weighted by Gasteiger charge is 2.36. The van der Waals surface area contributed by atoms with Crippen LogP contribution in [0, 0.1) is 5.92 Å². The van der Waals surface area contributed by atoms with E-state index in [1.165, 1.54) is 14.2 Å². The maximum Gasteiger partial charge on any atom is 0.346 e. The first-order valence-corrected chi connectivity index (χ1v) is 8.17. The van der Waals surface area contributed by atoms with Crippen molar-refractivity contribution >= 4 is 5.97 Å². The molecule has 0 atom stereocenters. The molecule has 0 unspecified atom stereocenters. The van der Waals surface area contributed by atoms with Crippen LogP contribution in [0.3, 0.4) is 0 Å². The highest BCUT2D eigenvalue weighted by molar-refractivity contribution is 5.96. The van der Waals surface area contributed by atoms with Crippen molar-refractivity contribution in [3.63, 3.8) is 0 Å². The van der Waals surface area contributed by atoms with Gasteiger partial charge in [-0.2, -0.15) is 0 Å². The standard InChI is InChI=1S/C18H27NO5/c1-18(2,12-6-8-19-9-7-12)24-17(20)16-14(22-4)10-13(21-3)11-15(16)23-5/h10-12,19H,6-9H2,1-5H3. The topological polar surface area (TPSA) is 66.0 Å². The number of rotatable bonds is 6. The second-order valence-electron chi connectivity index (χ2n) is 6.42. The minimum Gasteiger partial charge on any atom is -0.496 e. The van der Waals surface area contributed by atoms with Crippen molar-refractivity contribution in [2.45, 2.75) is 32.3 Å². The van der Waals surface area contributed by atoms with Gasteiger partial charge in [-0.15, -0.1) is 0 Å². The van der Waals surface area contributed by atoms with Gasteiger partial charge in [0.25, 0.3) is 0 Å². The highest BCUT2D eigenvalue weighted by atomic mass is 16.6. The second kappa shape index (κ2) is 7.75. The first-order valence-electron chi connectivity index (χ1n) is 8.17. The molecule has 134 valence electrons. The summed E-state index contributed by atoms with van der Waals surface area (Å²) in [7, 11) is 4.55. The van der Waals surface area contributed by atoms with E-state index < -0.39 is 11.6 Å². The molecule has 1 N–H and O–H groups in total. The molecule has 2 rings (SSSR count). The molecule has 1 aromatic rings. The lowest BCUT2D eigenvalue weighted by molar-refractivity contribution is -0.0372. The van der Waals surface area contributed by atoms with Crippen LogP contribution in [0.15, 0.2) is 12.1 Å². The monoisotopic (exact) mass is 337 g/mol. The molecule has 1 aromatic carbocycles. The number of hydrogen-bond donors (Lipinski definition) is 1. The van der Waals surface area contributed by atoms with E-state index >= 15 is 0 Å². The molecule has 0 radical (unpaired) electrons. The van der Waals surface area contributed by atoms with Gasteiger partial charge < -0.3 is 24.3 Å². The van der Waals surface area contributed by atoms with Crippen LogP contribution in [-0.2, 0) is 4.74 Å². The molecule has 0 bridgehead atoms. The van der Waals surface area contributed by atoms with Gasteiger partial charge in [0.1, 0.15) is 28.4 Å². The van der Waals surface area contributed by atoms with E-state index in [1.807, 2.05) is 13.8 Å². The number of nitrogens with one attached hydrogen (secondary N) is 1. The Hall–Kier alpha value is -1.95. The van der Waals surface area contributed by atoms with Crippen molar-refractivity contribution in [3.8, 4) is 17.2 Å². The molecule has 0 saturated carbocycles. The van der Waals surface area contributed by atoms with Gasteiger partial charge >= 0.3 is 5.97 Å². The fraction of sp³-hybridized carbons (Fsp3) is 0.611.